The van der Waals surface area contributed by atoms with Crippen molar-refractivity contribution in [3.8, 4) is 0 Å². The molecule has 132 valence electrons. The zero-order chi connectivity index (χ0) is 16.6. The molecule has 1 amide bonds. The summed E-state index contributed by atoms with van der Waals surface area (Å²) in [4.78, 5) is 23.4. The van der Waals surface area contributed by atoms with E-state index in [4.69, 9.17) is 0 Å². The lowest BCUT2D eigenvalue weighted by molar-refractivity contribution is -0.122. The number of carbonyl (C=O) groups excluding carboxylic acids is 1. The van der Waals surface area contributed by atoms with Gasteiger partial charge >= 0.3 is 0 Å². The van der Waals surface area contributed by atoms with Gasteiger partial charge in [-0.3, -0.25) is 14.6 Å². The van der Waals surface area contributed by atoms with Crippen molar-refractivity contribution in [2.75, 3.05) is 76.9 Å². The summed E-state index contributed by atoms with van der Waals surface area (Å²) in [6.45, 7) is 10.1. The molecule has 2 aliphatic rings. The third kappa shape index (κ3) is 5.15. The van der Waals surface area contributed by atoms with Crippen LogP contribution in [-0.4, -0.2) is 92.7 Å². The number of aromatic nitrogens is 1. The molecule has 7 heteroatoms. The van der Waals surface area contributed by atoms with Crippen molar-refractivity contribution in [1.82, 2.24) is 25.4 Å². The molecule has 0 radical (unpaired) electrons. The van der Waals surface area contributed by atoms with Crippen molar-refractivity contribution in [2.45, 2.75) is 0 Å². The van der Waals surface area contributed by atoms with Gasteiger partial charge in [-0.15, -0.1) is 0 Å². The molecular formula is C17H28N6O. The Labute approximate surface area is 144 Å². The smallest absolute Gasteiger partial charge is 0.234 e. The van der Waals surface area contributed by atoms with Crippen LogP contribution < -0.4 is 15.5 Å². The Morgan fingerprint density at radius 2 is 1.88 bits per heavy atom. The van der Waals surface area contributed by atoms with Gasteiger partial charge in [-0.25, -0.2) is 4.98 Å². The van der Waals surface area contributed by atoms with Crippen LogP contribution in [-0.2, 0) is 4.79 Å². The molecule has 3 rings (SSSR count). The number of anilines is 1. The average Bonchev–Trinajstić information content (AvgIpc) is 2.64. The van der Waals surface area contributed by atoms with Gasteiger partial charge < -0.3 is 15.5 Å². The first kappa shape index (κ1) is 17.1. The van der Waals surface area contributed by atoms with E-state index >= 15 is 0 Å². The van der Waals surface area contributed by atoms with Crippen molar-refractivity contribution < 1.29 is 4.79 Å². The molecule has 0 aliphatic carbocycles. The van der Waals surface area contributed by atoms with Gasteiger partial charge in [-0.2, -0.15) is 0 Å². The maximum absolute atomic E-state index is 12.1. The van der Waals surface area contributed by atoms with Gasteiger partial charge in [0.25, 0.3) is 0 Å². The fourth-order valence-electron chi connectivity index (χ4n) is 3.22. The third-order valence-corrected chi connectivity index (χ3v) is 4.67. The van der Waals surface area contributed by atoms with Gasteiger partial charge in [0.2, 0.25) is 5.91 Å². The van der Waals surface area contributed by atoms with Crippen LogP contribution in [0.2, 0.25) is 0 Å². The Bertz CT molecular complexity index is 497. The topological polar surface area (TPSA) is 63.7 Å². The minimum Gasteiger partial charge on any atom is -0.354 e. The van der Waals surface area contributed by atoms with E-state index in [2.05, 4.69) is 30.3 Å². The SMILES string of the molecule is O=C(CN1CCN(c2ccccn2)CC1)NCCN1CCNCC1. The fourth-order valence-corrected chi connectivity index (χ4v) is 3.22. The summed E-state index contributed by atoms with van der Waals surface area (Å²) in [7, 11) is 0. The molecule has 1 aromatic rings. The molecule has 0 bridgehead atoms. The van der Waals surface area contributed by atoms with Crippen LogP contribution in [0.4, 0.5) is 5.82 Å². The molecular weight excluding hydrogens is 304 g/mol. The molecule has 3 heterocycles. The quantitative estimate of drug-likeness (QED) is 0.713. The van der Waals surface area contributed by atoms with Gasteiger partial charge in [0.05, 0.1) is 6.54 Å². The Kier molecular flexibility index (Phi) is 6.40. The summed E-state index contributed by atoms with van der Waals surface area (Å²) in [5, 5.41) is 6.39. The molecule has 2 aliphatic heterocycles. The van der Waals surface area contributed by atoms with E-state index in [0.717, 1.165) is 71.3 Å². The lowest BCUT2D eigenvalue weighted by atomic mass is 10.3. The molecule has 2 saturated heterocycles. The highest BCUT2D eigenvalue weighted by Crippen LogP contribution is 2.12. The van der Waals surface area contributed by atoms with Crippen LogP contribution in [0.3, 0.4) is 0 Å². The van der Waals surface area contributed by atoms with E-state index in [1.54, 1.807) is 0 Å². The molecule has 0 atom stereocenters. The summed E-state index contributed by atoms with van der Waals surface area (Å²) in [6, 6.07) is 5.99. The first-order chi connectivity index (χ1) is 11.8. The summed E-state index contributed by atoms with van der Waals surface area (Å²) in [6.07, 6.45) is 1.83. The molecule has 2 N–H and O–H groups in total. The lowest BCUT2D eigenvalue weighted by Crippen LogP contribution is -2.50. The molecule has 0 saturated carbocycles. The second-order valence-electron chi connectivity index (χ2n) is 6.39. The summed E-state index contributed by atoms with van der Waals surface area (Å²) >= 11 is 0. The molecule has 24 heavy (non-hydrogen) atoms. The van der Waals surface area contributed by atoms with Gasteiger partial charge in [0.15, 0.2) is 0 Å². The van der Waals surface area contributed by atoms with Crippen molar-refractivity contribution in [3.05, 3.63) is 24.4 Å². The Morgan fingerprint density at radius 3 is 2.58 bits per heavy atom. The van der Waals surface area contributed by atoms with Crippen LogP contribution in [0.1, 0.15) is 0 Å². The number of pyridine rings is 1. The highest BCUT2D eigenvalue weighted by molar-refractivity contribution is 5.78. The first-order valence-electron chi connectivity index (χ1n) is 8.89. The molecule has 2 fully saturated rings. The number of nitrogens with zero attached hydrogens (tertiary/aromatic N) is 4. The number of hydrogen-bond donors (Lipinski definition) is 2. The van der Waals surface area contributed by atoms with E-state index in [-0.39, 0.29) is 5.91 Å². The Morgan fingerprint density at radius 1 is 1.08 bits per heavy atom. The van der Waals surface area contributed by atoms with E-state index < -0.39 is 0 Å². The van der Waals surface area contributed by atoms with Crippen LogP contribution in [0.25, 0.3) is 0 Å². The number of amides is 1. The molecule has 0 unspecified atom stereocenters. The van der Waals surface area contributed by atoms with Crippen LogP contribution in [0.5, 0.6) is 0 Å². The molecule has 0 aromatic carbocycles. The predicted octanol–water partition coefficient (Wildman–Crippen LogP) is -0.775. The number of carbonyl (C=O) groups is 1. The van der Waals surface area contributed by atoms with E-state index in [1.165, 1.54) is 0 Å². The van der Waals surface area contributed by atoms with Crippen molar-refractivity contribution in [1.29, 1.82) is 0 Å². The standard InChI is InChI=1S/C17H28N6O/c24-17(20-7-10-21-8-5-18-6-9-21)15-22-11-13-23(14-12-22)16-3-1-2-4-19-16/h1-4,18H,5-15H2,(H,20,24). The number of piperazine rings is 2. The number of nitrogens with one attached hydrogen (secondary N) is 2. The number of hydrogen-bond acceptors (Lipinski definition) is 6. The lowest BCUT2D eigenvalue weighted by Gasteiger charge is -2.35. The highest BCUT2D eigenvalue weighted by atomic mass is 16.2. The first-order valence-corrected chi connectivity index (χ1v) is 8.89. The van der Waals surface area contributed by atoms with Crippen molar-refractivity contribution >= 4 is 11.7 Å². The second-order valence-corrected chi connectivity index (χ2v) is 6.39. The monoisotopic (exact) mass is 332 g/mol. The van der Waals surface area contributed by atoms with Gasteiger partial charge in [-0.05, 0) is 12.1 Å². The summed E-state index contributed by atoms with van der Waals surface area (Å²) < 4.78 is 0. The maximum Gasteiger partial charge on any atom is 0.234 e. The van der Waals surface area contributed by atoms with Crippen molar-refractivity contribution in [2.24, 2.45) is 0 Å². The highest BCUT2D eigenvalue weighted by Gasteiger charge is 2.19. The van der Waals surface area contributed by atoms with Gasteiger partial charge in [-0.1, -0.05) is 6.07 Å². The summed E-state index contributed by atoms with van der Waals surface area (Å²) in [5.41, 5.74) is 0. The molecule has 0 spiro atoms. The van der Waals surface area contributed by atoms with Crippen LogP contribution >= 0.6 is 0 Å². The normalized spacial score (nSPS) is 20.1. The third-order valence-electron chi connectivity index (χ3n) is 4.67. The maximum atomic E-state index is 12.1. The average molecular weight is 332 g/mol. The number of rotatable bonds is 6. The largest absolute Gasteiger partial charge is 0.354 e. The minimum atomic E-state index is 0.136. The second kappa shape index (κ2) is 8.96. The Balaban J connectivity index is 1.31. The molecule has 7 nitrogen and oxygen atoms in total. The van der Waals surface area contributed by atoms with Crippen LogP contribution in [0.15, 0.2) is 24.4 Å². The predicted molar refractivity (Wildman–Crippen MR) is 95.2 cm³/mol. The van der Waals surface area contributed by atoms with Crippen LogP contribution in [0, 0.1) is 0 Å². The van der Waals surface area contributed by atoms with E-state index in [1.807, 2.05) is 24.4 Å². The fraction of sp³-hybridized carbons (Fsp3) is 0.647. The molecule has 1 aromatic heterocycles. The van der Waals surface area contributed by atoms with Gasteiger partial charge in [0, 0.05) is 71.6 Å². The zero-order valence-corrected chi connectivity index (χ0v) is 14.3. The minimum absolute atomic E-state index is 0.136. The van der Waals surface area contributed by atoms with Gasteiger partial charge in [0.1, 0.15) is 5.82 Å². The van der Waals surface area contributed by atoms with E-state index in [0.29, 0.717) is 6.54 Å². The Hall–Kier alpha value is -1.70. The van der Waals surface area contributed by atoms with Crippen molar-refractivity contribution in [3.63, 3.8) is 0 Å². The van der Waals surface area contributed by atoms with E-state index in [9.17, 15) is 4.79 Å². The summed E-state index contributed by atoms with van der Waals surface area (Å²) in [5.74, 6) is 1.16. The zero-order valence-electron chi connectivity index (χ0n) is 14.3.